The maximum Gasteiger partial charge on any atom is 0.300 e. The first-order valence-electron chi connectivity index (χ1n) is 6.43. The third kappa shape index (κ3) is 2.55. The van der Waals surface area contributed by atoms with Gasteiger partial charge < -0.3 is 11.1 Å². The molecule has 0 saturated heterocycles. The third-order valence-electron chi connectivity index (χ3n) is 3.63. The minimum absolute atomic E-state index is 0.128. The Morgan fingerprint density at radius 1 is 1.35 bits per heavy atom. The molecule has 1 aromatic heterocycles. The van der Waals surface area contributed by atoms with Crippen LogP contribution in [-0.2, 0) is 0 Å². The average molecular weight is 279 g/mol. The van der Waals surface area contributed by atoms with Gasteiger partial charge in [0.25, 0.3) is 0 Å². The second-order valence-electron chi connectivity index (χ2n) is 4.77. The summed E-state index contributed by atoms with van der Waals surface area (Å²) in [5, 5.41) is 21.4. The Kier molecular flexibility index (Phi) is 3.84. The normalized spacial score (nSPS) is 11.8. The van der Waals surface area contributed by atoms with E-state index in [4.69, 9.17) is 5.73 Å². The van der Waals surface area contributed by atoms with E-state index >= 15 is 0 Å². The van der Waals surface area contributed by atoms with E-state index in [9.17, 15) is 10.1 Å². The number of hydrogen-bond acceptors (Lipinski definition) is 7. The molecule has 0 aliphatic carbocycles. The summed E-state index contributed by atoms with van der Waals surface area (Å²) in [6, 6.07) is 2.97. The number of nitro benzene ring substituents is 1. The first-order chi connectivity index (χ1) is 9.50. The summed E-state index contributed by atoms with van der Waals surface area (Å²) in [6.45, 7) is 4.59. The van der Waals surface area contributed by atoms with Gasteiger partial charge in [0, 0.05) is 18.2 Å². The molecule has 0 aliphatic heterocycles. The number of rotatable bonds is 6. The van der Waals surface area contributed by atoms with Crippen molar-refractivity contribution >= 4 is 22.4 Å². The number of nitrogens with zero attached hydrogens (tertiary/aromatic N) is 3. The van der Waals surface area contributed by atoms with E-state index in [0.29, 0.717) is 17.7 Å². The molecule has 8 heteroatoms. The van der Waals surface area contributed by atoms with E-state index < -0.39 is 4.92 Å². The molecule has 0 bridgehead atoms. The van der Waals surface area contributed by atoms with Gasteiger partial charge in [-0.1, -0.05) is 13.8 Å². The molecule has 0 radical (unpaired) electrons. The molecule has 8 nitrogen and oxygen atoms in total. The lowest BCUT2D eigenvalue weighted by molar-refractivity contribution is -0.383. The predicted molar refractivity (Wildman–Crippen MR) is 74.4 cm³/mol. The fourth-order valence-corrected chi connectivity index (χ4v) is 1.91. The fraction of sp³-hybridized carbons (Fsp3) is 0.500. The van der Waals surface area contributed by atoms with Gasteiger partial charge in [-0.25, -0.2) is 4.63 Å². The Morgan fingerprint density at radius 2 is 2.00 bits per heavy atom. The second kappa shape index (κ2) is 5.41. The van der Waals surface area contributed by atoms with Crippen LogP contribution in [0.1, 0.15) is 26.7 Å². The van der Waals surface area contributed by atoms with Crippen LogP contribution in [0.2, 0.25) is 0 Å². The van der Waals surface area contributed by atoms with Crippen molar-refractivity contribution in [3.8, 4) is 0 Å². The Hall–Kier alpha value is -2.22. The highest BCUT2D eigenvalue weighted by Gasteiger charge is 2.23. The Morgan fingerprint density at radius 3 is 2.60 bits per heavy atom. The molecular formula is C12H17N5O3. The van der Waals surface area contributed by atoms with E-state index in [1.807, 2.05) is 13.8 Å². The molecule has 0 amide bonds. The SMILES string of the molecule is CCC(N)(CC)CNc1ccc([N+](=O)[O-])c2nonc12. The van der Waals surface area contributed by atoms with Crippen molar-refractivity contribution in [3.05, 3.63) is 22.2 Å². The molecule has 2 aromatic rings. The molecule has 1 aromatic carbocycles. The smallest absolute Gasteiger partial charge is 0.300 e. The molecule has 0 fully saturated rings. The summed E-state index contributed by atoms with van der Waals surface area (Å²) < 4.78 is 4.61. The molecule has 108 valence electrons. The van der Waals surface area contributed by atoms with Crippen molar-refractivity contribution in [1.82, 2.24) is 10.3 Å². The van der Waals surface area contributed by atoms with Gasteiger partial charge in [0.15, 0.2) is 5.52 Å². The van der Waals surface area contributed by atoms with Gasteiger partial charge in [-0.3, -0.25) is 10.1 Å². The van der Waals surface area contributed by atoms with E-state index in [-0.39, 0.29) is 16.7 Å². The summed E-state index contributed by atoms with van der Waals surface area (Å²) in [5.41, 5.74) is 6.86. The van der Waals surface area contributed by atoms with Crippen LogP contribution >= 0.6 is 0 Å². The highest BCUT2D eigenvalue weighted by molar-refractivity contribution is 5.93. The monoisotopic (exact) mass is 279 g/mol. The maximum absolute atomic E-state index is 10.9. The zero-order valence-electron chi connectivity index (χ0n) is 11.4. The fourth-order valence-electron chi connectivity index (χ4n) is 1.91. The van der Waals surface area contributed by atoms with Crippen LogP contribution in [0.25, 0.3) is 11.0 Å². The molecule has 0 atom stereocenters. The number of fused-ring (bicyclic) bond motifs is 1. The van der Waals surface area contributed by atoms with Gasteiger partial charge >= 0.3 is 5.69 Å². The number of benzene rings is 1. The van der Waals surface area contributed by atoms with Gasteiger partial charge in [0.05, 0.1) is 10.6 Å². The average Bonchev–Trinajstić information content (AvgIpc) is 2.93. The van der Waals surface area contributed by atoms with Crippen molar-refractivity contribution in [3.63, 3.8) is 0 Å². The number of nitro groups is 1. The predicted octanol–water partition coefficient (Wildman–Crippen LogP) is 2.06. The Bertz CT molecular complexity index is 621. The van der Waals surface area contributed by atoms with Gasteiger partial charge in [-0.2, -0.15) is 0 Å². The molecule has 2 rings (SSSR count). The van der Waals surface area contributed by atoms with E-state index in [1.54, 1.807) is 6.07 Å². The molecule has 0 aliphatic rings. The van der Waals surface area contributed by atoms with Crippen molar-refractivity contribution in [2.75, 3.05) is 11.9 Å². The van der Waals surface area contributed by atoms with Gasteiger partial charge in [-0.05, 0) is 29.2 Å². The first-order valence-corrected chi connectivity index (χ1v) is 6.43. The van der Waals surface area contributed by atoms with Crippen molar-refractivity contribution < 1.29 is 9.55 Å². The van der Waals surface area contributed by atoms with Gasteiger partial charge in [0.1, 0.15) is 0 Å². The Balaban J connectivity index is 2.30. The lowest BCUT2D eigenvalue weighted by atomic mass is 9.94. The lowest BCUT2D eigenvalue weighted by Gasteiger charge is -2.27. The van der Waals surface area contributed by atoms with Crippen LogP contribution in [0.5, 0.6) is 0 Å². The zero-order chi connectivity index (χ0) is 14.8. The number of hydrogen-bond donors (Lipinski definition) is 2. The number of non-ortho nitro benzene ring substituents is 1. The van der Waals surface area contributed by atoms with Gasteiger partial charge in [-0.15, -0.1) is 0 Å². The molecule has 0 unspecified atom stereocenters. The largest absolute Gasteiger partial charge is 0.381 e. The third-order valence-corrected chi connectivity index (χ3v) is 3.63. The standard InChI is InChI=1S/C12H17N5O3/c1-3-12(13,4-2)7-14-8-5-6-9(17(18)19)11-10(8)15-20-16-11/h5-6,14H,3-4,7,13H2,1-2H3. The van der Waals surface area contributed by atoms with Crippen molar-refractivity contribution in [2.45, 2.75) is 32.2 Å². The number of aromatic nitrogens is 2. The van der Waals surface area contributed by atoms with Crippen LogP contribution in [0, 0.1) is 10.1 Å². The highest BCUT2D eigenvalue weighted by atomic mass is 16.6. The number of nitrogens with two attached hydrogens (primary N) is 1. The first kappa shape index (κ1) is 14.2. The Labute approximate surface area is 115 Å². The van der Waals surface area contributed by atoms with Crippen LogP contribution < -0.4 is 11.1 Å². The van der Waals surface area contributed by atoms with Crippen LogP contribution in [0.4, 0.5) is 11.4 Å². The zero-order valence-corrected chi connectivity index (χ0v) is 11.4. The summed E-state index contributed by atoms with van der Waals surface area (Å²) in [5.74, 6) is 0. The van der Waals surface area contributed by atoms with E-state index in [0.717, 1.165) is 12.8 Å². The molecule has 20 heavy (non-hydrogen) atoms. The van der Waals surface area contributed by atoms with E-state index in [1.165, 1.54) is 6.07 Å². The number of anilines is 1. The van der Waals surface area contributed by atoms with Crippen molar-refractivity contribution in [1.29, 1.82) is 0 Å². The van der Waals surface area contributed by atoms with Crippen LogP contribution in [0.15, 0.2) is 16.8 Å². The minimum Gasteiger partial charge on any atom is -0.381 e. The lowest BCUT2D eigenvalue weighted by Crippen LogP contribution is -2.45. The van der Waals surface area contributed by atoms with Crippen molar-refractivity contribution in [2.24, 2.45) is 5.73 Å². The topological polar surface area (TPSA) is 120 Å². The number of nitrogens with one attached hydrogen (secondary N) is 1. The van der Waals surface area contributed by atoms with Crippen LogP contribution in [-0.4, -0.2) is 27.3 Å². The highest BCUT2D eigenvalue weighted by Crippen LogP contribution is 2.29. The molecule has 3 N–H and O–H groups in total. The molecule has 0 spiro atoms. The second-order valence-corrected chi connectivity index (χ2v) is 4.77. The summed E-state index contributed by atoms with van der Waals surface area (Å²) in [6.07, 6.45) is 1.65. The summed E-state index contributed by atoms with van der Waals surface area (Å²) in [7, 11) is 0. The van der Waals surface area contributed by atoms with Crippen LogP contribution in [0.3, 0.4) is 0 Å². The molecule has 0 saturated carbocycles. The molecule has 1 heterocycles. The molecular weight excluding hydrogens is 262 g/mol. The maximum atomic E-state index is 10.9. The quantitative estimate of drug-likeness (QED) is 0.613. The van der Waals surface area contributed by atoms with E-state index in [2.05, 4.69) is 20.3 Å². The summed E-state index contributed by atoms with van der Waals surface area (Å²) in [4.78, 5) is 10.4. The minimum atomic E-state index is -0.512. The summed E-state index contributed by atoms with van der Waals surface area (Å²) >= 11 is 0. The van der Waals surface area contributed by atoms with Gasteiger partial charge in [0.2, 0.25) is 5.52 Å².